The van der Waals surface area contributed by atoms with Gasteiger partial charge in [-0.2, -0.15) is 0 Å². The van der Waals surface area contributed by atoms with Crippen molar-refractivity contribution in [3.8, 4) is 22.3 Å². The Kier molecular flexibility index (Phi) is 7.70. The standard InChI is InChI=1S/C12H8BrNO2.C12H8ClNO2/c2*13-10-5-3-4-9(8-10)11-6-1-2-7-12(11)14(15)16/h2*1-8H. The molecule has 0 fully saturated rings. The maximum absolute atomic E-state index is 10.9. The summed E-state index contributed by atoms with van der Waals surface area (Å²) in [7, 11) is 0. The molecule has 4 aromatic carbocycles. The van der Waals surface area contributed by atoms with Gasteiger partial charge < -0.3 is 0 Å². The zero-order valence-electron chi connectivity index (χ0n) is 16.5. The molecular formula is C24H16BrClN2O4. The van der Waals surface area contributed by atoms with Crippen LogP contribution < -0.4 is 0 Å². The molecule has 32 heavy (non-hydrogen) atoms. The van der Waals surface area contributed by atoms with Gasteiger partial charge in [0.05, 0.1) is 21.0 Å². The molecule has 0 aliphatic carbocycles. The Hall–Kier alpha value is -3.55. The average molecular weight is 512 g/mol. The van der Waals surface area contributed by atoms with Crippen molar-refractivity contribution < 1.29 is 9.85 Å². The molecule has 6 nitrogen and oxygen atoms in total. The van der Waals surface area contributed by atoms with Crippen molar-refractivity contribution in [2.75, 3.05) is 0 Å². The Morgan fingerprint density at radius 1 is 0.625 bits per heavy atom. The molecule has 4 aromatic rings. The first-order valence-electron chi connectivity index (χ1n) is 9.35. The van der Waals surface area contributed by atoms with Gasteiger partial charge in [0.25, 0.3) is 11.4 Å². The van der Waals surface area contributed by atoms with E-state index in [1.807, 2.05) is 24.3 Å². The highest BCUT2D eigenvalue weighted by Gasteiger charge is 2.14. The van der Waals surface area contributed by atoms with Gasteiger partial charge in [0, 0.05) is 21.6 Å². The van der Waals surface area contributed by atoms with Gasteiger partial charge in [-0.05, 0) is 47.5 Å². The Balaban J connectivity index is 0.000000181. The summed E-state index contributed by atoms with van der Waals surface area (Å²) >= 11 is 9.21. The topological polar surface area (TPSA) is 86.3 Å². The van der Waals surface area contributed by atoms with Crippen molar-refractivity contribution in [2.24, 2.45) is 0 Å². The molecule has 0 spiro atoms. The predicted octanol–water partition coefficient (Wildman–Crippen LogP) is 7.94. The lowest BCUT2D eigenvalue weighted by Crippen LogP contribution is -1.91. The van der Waals surface area contributed by atoms with Crippen molar-refractivity contribution in [1.82, 2.24) is 0 Å². The van der Waals surface area contributed by atoms with Gasteiger partial charge in [-0.3, -0.25) is 20.2 Å². The van der Waals surface area contributed by atoms with Crippen LogP contribution in [0.4, 0.5) is 11.4 Å². The van der Waals surface area contributed by atoms with E-state index in [0.29, 0.717) is 16.1 Å². The second-order valence-electron chi connectivity index (χ2n) is 6.57. The maximum atomic E-state index is 10.9. The summed E-state index contributed by atoms with van der Waals surface area (Å²) in [5.74, 6) is 0. The molecule has 0 aromatic heterocycles. The van der Waals surface area contributed by atoms with E-state index < -0.39 is 4.92 Å². The number of nitro benzene ring substituents is 2. The minimum atomic E-state index is -0.393. The van der Waals surface area contributed by atoms with Crippen LogP contribution in [0.1, 0.15) is 0 Å². The van der Waals surface area contributed by atoms with Gasteiger partial charge in [-0.15, -0.1) is 0 Å². The van der Waals surface area contributed by atoms with Crippen LogP contribution in [0.5, 0.6) is 0 Å². The third-order valence-corrected chi connectivity index (χ3v) is 5.20. The van der Waals surface area contributed by atoms with Crippen molar-refractivity contribution in [2.45, 2.75) is 0 Å². The van der Waals surface area contributed by atoms with Gasteiger partial charge in [0.2, 0.25) is 0 Å². The molecule has 0 atom stereocenters. The largest absolute Gasteiger partial charge is 0.277 e. The van der Waals surface area contributed by atoms with Crippen LogP contribution in [0, 0.1) is 20.2 Å². The molecule has 0 saturated heterocycles. The van der Waals surface area contributed by atoms with Gasteiger partial charge in [0.1, 0.15) is 0 Å². The fraction of sp³-hybridized carbons (Fsp3) is 0. The fourth-order valence-corrected chi connectivity index (χ4v) is 3.66. The smallest absolute Gasteiger partial charge is 0.258 e. The lowest BCUT2D eigenvalue weighted by atomic mass is 10.0. The fourth-order valence-electron chi connectivity index (χ4n) is 3.07. The van der Waals surface area contributed by atoms with Crippen molar-refractivity contribution in [1.29, 1.82) is 0 Å². The summed E-state index contributed by atoms with van der Waals surface area (Å²) in [4.78, 5) is 21.0. The summed E-state index contributed by atoms with van der Waals surface area (Å²) in [5.41, 5.74) is 3.01. The molecule has 8 heteroatoms. The van der Waals surface area contributed by atoms with Gasteiger partial charge in [0.15, 0.2) is 0 Å². The van der Waals surface area contributed by atoms with Crippen LogP contribution in [0.25, 0.3) is 22.3 Å². The molecule has 0 amide bonds. The summed E-state index contributed by atoms with van der Waals surface area (Å²) in [6.45, 7) is 0. The van der Waals surface area contributed by atoms with E-state index in [-0.39, 0.29) is 16.3 Å². The average Bonchev–Trinajstić information content (AvgIpc) is 2.79. The van der Waals surface area contributed by atoms with E-state index in [0.717, 1.165) is 15.6 Å². The molecule has 0 radical (unpaired) electrons. The minimum absolute atomic E-state index is 0.0877. The number of nitro groups is 2. The highest BCUT2D eigenvalue weighted by molar-refractivity contribution is 9.10. The van der Waals surface area contributed by atoms with Crippen LogP contribution in [-0.2, 0) is 0 Å². The lowest BCUT2D eigenvalue weighted by molar-refractivity contribution is -0.384. The number of hydrogen-bond donors (Lipinski definition) is 0. The van der Waals surface area contributed by atoms with Crippen LogP contribution in [0.3, 0.4) is 0 Å². The highest BCUT2D eigenvalue weighted by Crippen LogP contribution is 2.31. The normalized spacial score (nSPS) is 10.1. The van der Waals surface area contributed by atoms with Crippen molar-refractivity contribution in [3.05, 3.63) is 127 Å². The lowest BCUT2D eigenvalue weighted by Gasteiger charge is -2.03. The number of benzene rings is 4. The van der Waals surface area contributed by atoms with Crippen molar-refractivity contribution >= 4 is 38.9 Å². The van der Waals surface area contributed by atoms with Crippen LogP contribution in [0.2, 0.25) is 5.02 Å². The number of para-hydroxylation sites is 2. The summed E-state index contributed by atoms with van der Waals surface area (Å²) in [6.07, 6.45) is 0. The van der Waals surface area contributed by atoms with E-state index in [1.54, 1.807) is 60.7 Å². The van der Waals surface area contributed by atoms with Gasteiger partial charge in [-0.25, -0.2) is 0 Å². The van der Waals surface area contributed by atoms with E-state index in [9.17, 15) is 20.2 Å². The number of hydrogen-bond acceptors (Lipinski definition) is 4. The summed E-state index contributed by atoms with van der Waals surface area (Å²) < 4.78 is 0.906. The number of rotatable bonds is 4. The van der Waals surface area contributed by atoms with E-state index in [4.69, 9.17) is 11.6 Å². The third-order valence-electron chi connectivity index (χ3n) is 4.47. The molecule has 0 N–H and O–H groups in total. The van der Waals surface area contributed by atoms with E-state index in [1.165, 1.54) is 12.1 Å². The van der Waals surface area contributed by atoms with E-state index >= 15 is 0 Å². The molecule has 0 bridgehead atoms. The molecule has 0 unspecified atom stereocenters. The maximum Gasteiger partial charge on any atom is 0.277 e. The van der Waals surface area contributed by atoms with Crippen LogP contribution in [-0.4, -0.2) is 9.85 Å². The first-order chi connectivity index (χ1) is 15.4. The predicted molar refractivity (Wildman–Crippen MR) is 130 cm³/mol. The third kappa shape index (κ3) is 5.78. The molecule has 0 heterocycles. The van der Waals surface area contributed by atoms with Gasteiger partial charge >= 0.3 is 0 Å². The SMILES string of the molecule is O=[N+]([O-])c1ccccc1-c1cccc(Br)c1.O=[N+]([O-])c1ccccc1-c1cccc(Cl)c1. The number of nitrogens with zero attached hydrogens (tertiary/aromatic N) is 2. The molecule has 0 aliphatic heterocycles. The minimum Gasteiger partial charge on any atom is -0.258 e. The van der Waals surface area contributed by atoms with Gasteiger partial charge in [-0.1, -0.05) is 76.1 Å². The van der Waals surface area contributed by atoms with Crippen LogP contribution in [0.15, 0.2) is 102 Å². The monoisotopic (exact) mass is 510 g/mol. The summed E-state index contributed by atoms with van der Waals surface area (Å²) in [6, 6.07) is 27.8. The first-order valence-corrected chi connectivity index (χ1v) is 10.5. The van der Waals surface area contributed by atoms with E-state index in [2.05, 4.69) is 15.9 Å². The highest BCUT2D eigenvalue weighted by atomic mass is 79.9. The van der Waals surface area contributed by atoms with Crippen molar-refractivity contribution in [3.63, 3.8) is 0 Å². The second-order valence-corrected chi connectivity index (χ2v) is 7.92. The zero-order valence-corrected chi connectivity index (χ0v) is 18.9. The molecule has 0 aliphatic rings. The summed E-state index contributed by atoms with van der Waals surface area (Å²) in [5, 5.41) is 22.3. The Labute approximate surface area is 197 Å². The Bertz CT molecular complexity index is 1180. The molecule has 0 saturated carbocycles. The second kappa shape index (κ2) is 10.7. The molecular weight excluding hydrogens is 496 g/mol. The number of halogens is 2. The quantitative estimate of drug-likeness (QED) is 0.205. The first kappa shape index (κ1) is 23.1. The zero-order chi connectivity index (χ0) is 23.1. The van der Waals surface area contributed by atoms with Crippen LogP contribution >= 0.6 is 27.5 Å². The molecule has 4 rings (SSSR count). The Morgan fingerprint density at radius 3 is 1.56 bits per heavy atom. The molecule has 160 valence electrons. The Morgan fingerprint density at radius 2 is 1.09 bits per heavy atom.